The van der Waals surface area contributed by atoms with E-state index in [1.54, 1.807) is 13.0 Å². The van der Waals surface area contributed by atoms with E-state index in [1.165, 1.54) is 12.3 Å². The van der Waals surface area contributed by atoms with Crippen LogP contribution in [0.5, 0.6) is 0 Å². The quantitative estimate of drug-likeness (QED) is 0.540. The highest BCUT2D eigenvalue weighted by Crippen LogP contribution is 1.91. The van der Waals surface area contributed by atoms with Gasteiger partial charge in [0.15, 0.2) is 0 Å². The molecule has 0 aromatic carbocycles. The summed E-state index contributed by atoms with van der Waals surface area (Å²) in [6.07, 6.45) is 4.50. The van der Waals surface area contributed by atoms with Crippen molar-refractivity contribution in [3.8, 4) is 0 Å². The maximum atomic E-state index is 11.4. The van der Waals surface area contributed by atoms with Crippen LogP contribution in [-0.2, 0) is 0 Å². The van der Waals surface area contributed by atoms with E-state index in [2.05, 4.69) is 0 Å². The first kappa shape index (κ1) is 7.21. The van der Waals surface area contributed by atoms with E-state index in [0.717, 1.165) is 5.57 Å². The summed E-state index contributed by atoms with van der Waals surface area (Å²) < 4.78 is 11.4. The number of rotatable bonds is 2. The molecule has 0 aromatic rings. The fourth-order valence-corrected chi connectivity index (χ4v) is 0.342. The Bertz CT molecular complexity index is 105. The minimum absolute atomic E-state index is 0.420. The summed E-state index contributed by atoms with van der Waals surface area (Å²) in [6.45, 7) is 1.37. The molecule has 0 aliphatic rings. The first-order chi connectivity index (χ1) is 3.81. The van der Waals surface area contributed by atoms with Crippen molar-refractivity contribution in [2.75, 3.05) is 6.67 Å². The fraction of sp³-hybridized carbons (Fsp3) is 0.333. The van der Waals surface area contributed by atoms with Gasteiger partial charge in [0, 0.05) is 0 Å². The van der Waals surface area contributed by atoms with Crippen LogP contribution in [0.3, 0.4) is 0 Å². The molecule has 0 unspecified atom stereocenters. The van der Waals surface area contributed by atoms with E-state index in [9.17, 15) is 4.39 Å². The average molecular weight is 115 g/mol. The van der Waals surface area contributed by atoms with Gasteiger partial charge >= 0.3 is 0 Å². The molecule has 0 aliphatic carbocycles. The van der Waals surface area contributed by atoms with Gasteiger partial charge in [0.2, 0.25) is 0 Å². The van der Waals surface area contributed by atoms with Gasteiger partial charge < -0.3 is 5.73 Å². The third-order valence-corrected chi connectivity index (χ3v) is 0.758. The first-order valence-corrected chi connectivity index (χ1v) is 2.42. The molecule has 46 valence electrons. The molecule has 0 radical (unpaired) electrons. The van der Waals surface area contributed by atoms with Crippen LogP contribution in [0.1, 0.15) is 6.92 Å². The van der Waals surface area contributed by atoms with E-state index in [1.807, 2.05) is 0 Å². The second kappa shape index (κ2) is 4.37. The normalized spacial score (nSPS) is 13.0. The van der Waals surface area contributed by atoms with E-state index < -0.39 is 6.67 Å². The molecule has 0 heterocycles. The third-order valence-electron chi connectivity index (χ3n) is 0.758. The number of halogens is 1. The van der Waals surface area contributed by atoms with Crippen LogP contribution >= 0.6 is 0 Å². The number of alkyl halides is 1. The summed E-state index contributed by atoms with van der Waals surface area (Å²) in [5, 5.41) is 0. The maximum Gasteiger partial charge on any atom is 0.108 e. The molecule has 0 saturated carbocycles. The Morgan fingerprint density at radius 1 is 1.75 bits per heavy atom. The number of nitrogens with two attached hydrogens (primary N) is 1. The smallest absolute Gasteiger partial charge is 0.108 e. The Hall–Kier alpha value is -0.790. The molecular weight excluding hydrogens is 105 g/mol. The van der Waals surface area contributed by atoms with Crippen molar-refractivity contribution in [2.45, 2.75) is 6.92 Å². The Morgan fingerprint density at radius 2 is 2.38 bits per heavy atom. The molecule has 0 amide bonds. The lowest BCUT2D eigenvalue weighted by Gasteiger charge is -1.84. The Kier molecular flexibility index (Phi) is 3.94. The lowest BCUT2D eigenvalue weighted by molar-refractivity contribution is 0.560. The lowest BCUT2D eigenvalue weighted by atomic mass is 10.3. The number of hydrogen-bond acceptors (Lipinski definition) is 1. The van der Waals surface area contributed by atoms with Crippen molar-refractivity contribution in [2.24, 2.45) is 5.73 Å². The molecule has 1 nitrogen and oxygen atoms in total. The Morgan fingerprint density at radius 3 is 2.75 bits per heavy atom. The van der Waals surface area contributed by atoms with Crippen molar-refractivity contribution in [3.63, 3.8) is 0 Å². The highest BCUT2D eigenvalue weighted by atomic mass is 19.1. The van der Waals surface area contributed by atoms with Gasteiger partial charge in [0.05, 0.1) is 0 Å². The van der Waals surface area contributed by atoms with E-state index in [4.69, 9.17) is 5.73 Å². The standard InChI is InChI=1S/C6H10FN/c1-6(2-4-7)3-5-8/h2-3,5H,4,8H2,1H3/b5-3-,6-2-. The van der Waals surface area contributed by atoms with Gasteiger partial charge in [0.1, 0.15) is 6.67 Å². The van der Waals surface area contributed by atoms with Crippen LogP contribution in [0, 0.1) is 0 Å². The van der Waals surface area contributed by atoms with E-state index >= 15 is 0 Å². The Balaban J connectivity index is 3.61. The monoisotopic (exact) mass is 115 g/mol. The second-order valence-corrected chi connectivity index (χ2v) is 1.46. The zero-order valence-electron chi connectivity index (χ0n) is 4.89. The zero-order chi connectivity index (χ0) is 6.41. The van der Waals surface area contributed by atoms with Gasteiger partial charge in [-0.2, -0.15) is 0 Å². The fourth-order valence-electron chi connectivity index (χ4n) is 0.342. The molecule has 2 N–H and O–H groups in total. The Labute approximate surface area is 48.7 Å². The van der Waals surface area contributed by atoms with Crippen LogP contribution in [0.4, 0.5) is 4.39 Å². The van der Waals surface area contributed by atoms with Gasteiger partial charge in [-0.15, -0.1) is 0 Å². The summed E-state index contributed by atoms with van der Waals surface area (Å²) in [6, 6.07) is 0. The van der Waals surface area contributed by atoms with Crippen molar-refractivity contribution in [1.29, 1.82) is 0 Å². The molecule has 0 aliphatic heterocycles. The van der Waals surface area contributed by atoms with Crippen LogP contribution in [0.25, 0.3) is 0 Å². The van der Waals surface area contributed by atoms with Crippen molar-refractivity contribution < 1.29 is 4.39 Å². The van der Waals surface area contributed by atoms with Crippen molar-refractivity contribution in [1.82, 2.24) is 0 Å². The summed E-state index contributed by atoms with van der Waals surface area (Å²) >= 11 is 0. The molecule has 0 spiro atoms. The van der Waals surface area contributed by atoms with Gasteiger partial charge in [-0.3, -0.25) is 0 Å². The number of allylic oxidation sites excluding steroid dienone is 3. The van der Waals surface area contributed by atoms with Crippen LogP contribution in [0.15, 0.2) is 23.9 Å². The molecule has 0 atom stereocenters. The molecule has 0 aromatic heterocycles. The molecule has 0 saturated heterocycles. The minimum atomic E-state index is -0.420. The predicted octanol–water partition coefficient (Wildman–Crippen LogP) is 1.37. The summed E-state index contributed by atoms with van der Waals surface area (Å²) in [7, 11) is 0. The molecule has 8 heavy (non-hydrogen) atoms. The first-order valence-electron chi connectivity index (χ1n) is 2.42. The van der Waals surface area contributed by atoms with Gasteiger partial charge in [-0.25, -0.2) is 4.39 Å². The van der Waals surface area contributed by atoms with Crippen molar-refractivity contribution >= 4 is 0 Å². The largest absolute Gasteiger partial charge is 0.405 e. The average Bonchev–Trinajstić information content (AvgIpc) is 1.68. The van der Waals surface area contributed by atoms with Gasteiger partial charge in [0.25, 0.3) is 0 Å². The minimum Gasteiger partial charge on any atom is -0.405 e. The van der Waals surface area contributed by atoms with Crippen LogP contribution in [-0.4, -0.2) is 6.67 Å². The van der Waals surface area contributed by atoms with Gasteiger partial charge in [-0.1, -0.05) is 11.6 Å². The van der Waals surface area contributed by atoms with Crippen LogP contribution in [0.2, 0.25) is 0 Å². The third kappa shape index (κ3) is 3.40. The second-order valence-electron chi connectivity index (χ2n) is 1.46. The lowest BCUT2D eigenvalue weighted by Crippen LogP contribution is -1.77. The topological polar surface area (TPSA) is 26.0 Å². The van der Waals surface area contributed by atoms with Crippen LogP contribution < -0.4 is 5.73 Å². The van der Waals surface area contributed by atoms with Crippen molar-refractivity contribution in [3.05, 3.63) is 23.9 Å². The van der Waals surface area contributed by atoms with Gasteiger partial charge in [-0.05, 0) is 19.2 Å². The summed E-state index contributed by atoms with van der Waals surface area (Å²) in [4.78, 5) is 0. The highest BCUT2D eigenvalue weighted by Gasteiger charge is 1.76. The number of hydrogen-bond donors (Lipinski definition) is 1. The predicted molar refractivity (Wildman–Crippen MR) is 33.1 cm³/mol. The molecule has 0 bridgehead atoms. The SMILES string of the molecule is CC(/C=C\N)=C/CF. The molecular formula is C6H10FN. The summed E-state index contributed by atoms with van der Waals surface area (Å²) in [5.41, 5.74) is 5.87. The van der Waals surface area contributed by atoms with E-state index in [-0.39, 0.29) is 0 Å². The van der Waals surface area contributed by atoms with E-state index in [0.29, 0.717) is 0 Å². The summed E-state index contributed by atoms with van der Waals surface area (Å²) in [5.74, 6) is 0. The highest BCUT2D eigenvalue weighted by molar-refractivity contribution is 5.14. The maximum absolute atomic E-state index is 11.4. The molecule has 0 rings (SSSR count). The molecule has 2 heteroatoms. The zero-order valence-corrected chi connectivity index (χ0v) is 4.89. The molecule has 0 fully saturated rings.